The molecule has 0 aliphatic rings. The predicted octanol–water partition coefficient (Wildman–Crippen LogP) is 8.12. The Morgan fingerprint density at radius 3 is 1.97 bits per heavy atom. The minimum Gasteiger partial charge on any atom is -0.494 e. The Morgan fingerprint density at radius 1 is 0.667 bits per heavy atom. The lowest BCUT2D eigenvalue weighted by Crippen LogP contribution is -2.23. The van der Waals surface area contributed by atoms with Crippen molar-refractivity contribution in [1.29, 1.82) is 0 Å². The highest BCUT2D eigenvalue weighted by atomic mass is 19.3. The molecule has 10 heteroatoms. The van der Waals surface area contributed by atoms with E-state index in [1.165, 1.54) is 30.3 Å². The molecule has 2 nitrogen and oxygen atoms in total. The Labute approximate surface area is 217 Å². The average Bonchev–Trinajstić information content (AvgIpc) is 2.86. The summed E-state index contributed by atoms with van der Waals surface area (Å²) in [6, 6.07) is 10.3. The minimum absolute atomic E-state index is 0.0508. The van der Waals surface area contributed by atoms with Crippen LogP contribution in [0.15, 0.2) is 66.7 Å². The van der Waals surface area contributed by atoms with Crippen LogP contribution in [-0.2, 0) is 6.11 Å². The smallest absolute Gasteiger partial charge is 0.429 e. The van der Waals surface area contributed by atoms with Gasteiger partial charge in [0.05, 0.1) is 17.7 Å². The van der Waals surface area contributed by atoms with Crippen LogP contribution in [0, 0.1) is 46.7 Å². The zero-order valence-corrected chi connectivity index (χ0v) is 19.9. The number of hydrogen-bond acceptors (Lipinski definition) is 2. The third-order valence-corrected chi connectivity index (χ3v) is 5.36. The van der Waals surface area contributed by atoms with Crippen molar-refractivity contribution >= 4 is 0 Å². The molecule has 0 atom stereocenters. The van der Waals surface area contributed by atoms with E-state index >= 15 is 0 Å². The zero-order chi connectivity index (χ0) is 28.3. The van der Waals surface area contributed by atoms with E-state index in [-0.39, 0.29) is 34.4 Å². The Bertz CT molecular complexity index is 1580. The van der Waals surface area contributed by atoms with E-state index in [1.54, 1.807) is 6.92 Å². The molecule has 0 saturated heterocycles. The van der Waals surface area contributed by atoms with Gasteiger partial charge in [0.25, 0.3) is 0 Å². The second-order valence-corrected chi connectivity index (χ2v) is 8.03. The fraction of sp³-hybridized carbons (Fsp3) is 0.103. The van der Waals surface area contributed by atoms with Crippen molar-refractivity contribution in [1.82, 2.24) is 0 Å². The van der Waals surface area contributed by atoms with E-state index in [4.69, 9.17) is 4.74 Å². The maximum Gasteiger partial charge on any atom is 0.429 e. The highest BCUT2D eigenvalue weighted by Crippen LogP contribution is 2.36. The third kappa shape index (κ3) is 6.14. The van der Waals surface area contributed by atoms with Crippen LogP contribution in [0.3, 0.4) is 0 Å². The first-order valence-electron chi connectivity index (χ1n) is 11.2. The van der Waals surface area contributed by atoms with E-state index in [0.717, 1.165) is 12.1 Å². The van der Waals surface area contributed by atoms with Crippen LogP contribution < -0.4 is 9.47 Å². The van der Waals surface area contributed by atoms with E-state index in [0.29, 0.717) is 24.5 Å². The molecule has 0 bridgehead atoms. The topological polar surface area (TPSA) is 18.5 Å². The lowest BCUT2D eigenvalue weighted by molar-refractivity contribution is -0.187. The first-order valence-corrected chi connectivity index (χ1v) is 11.2. The molecule has 4 aromatic carbocycles. The van der Waals surface area contributed by atoms with E-state index in [9.17, 15) is 35.1 Å². The van der Waals surface area contributed by atoms with Gasteiger partial charge < -0.3 is 9.47 Å². The summed E-state index contributed by atoms with van der Waals surface area (Å²) in [5.41, 5.74) is -1.35. The van der Waals surface area contributed by atoms with Gasteiger partial charge in [-0.15, -0.1) is 0 Å². The maximum absolute atomic E-state index is 14.8. The summed E-state index contributed by atoms with van der Waals surface area (Å²) in [7, 11) is 0. The highest BCUT2D eigenvalue weighted by molar-refractivity contribution is 5.66. The zero-order valence-electron chi connectivity index (χ0n) is 19.9. The third-order valence-electron chi connectivity index (χ3n) is 5.36. The minimum atomic E-state index is -4.41. The Kier molecular flexibility index (Phi) is 7.81. The molecule has 0 spiro atoms. The molecule has 0 fully saturated rings. The molecule has 0 amide bonds. The Hall–Kier alpha value is -4.52. The quantitative estimate of drug-likeness (QED) is 0.138. The summed E-state index contributed by atoms with van der Waals surface area (Å²) < 4.78 is 122. The van der Waals surface area contributed by atoms with Gasteiger partial charge in [-0.05, 0) is 48.9 Å². The SMILES string of the molecule is CCOc1ccc(C#Cc2ccc(-c3ccc(C(F)(F)Oc4cc(F)c(F)c(F)c4)c(F)c3)c(F)c2)c(F)c1. The van der Waals surface area contributed by atoms with Crippen molar-refractivity contribution in [3.8, 4) is 34.5 Å². The van der Waals surface area contributed by atoms with Crippen LogP contribution in [0.5, 0.6) is 11.5 Å². The van der Waals surface area contributed by atoms with Crippen molar-refractivity contribution in [2.75, 3.05) is 6.61 Å². The first-order chi connectivity index (χ1) is 18.5. The number of benzene rings is 4. The molecule has 0 saturated carbocycles. The molecule has 4 rings (SSSR count). The normalized spacial score (nSPS) is 11.1. The van der Waals surface area contributed by atoms with Crippen LogP contribution in [-0.4, -0.2) is 6.61 Å². The maximum atomic E-state index is 14.8. The second-order valence-electron chi connectivity index (χ2n) is 8.03. The number of ether oxygens (including phenoxy) is 2. The summed E-state index contributed by atoms with van der Waals surface area (Å²) in [5.74, 6) is -3.98. The molecule has 0 unspecified atom stereocenters. The molecule has 0 aliphatic carbocycles. The van der Waals surface area contributed by atoms with Gasteiger partial charge in [0, 0.05) is 29.3 Å². The molecule has 0 aliphatic heterocycles. The lowest BCUT2D eigenvalue weighted by Gasteiger charge is -2.19. The Balaban J connectivity index is 1.56. The standard InChI is InChI=1S/C29H16F8O2/c1-2-38-19-8-6-17(23(30)13-19)5-3-16-4-9-21(24(31)11-16)18-7-10-22(25(32)12-18)29(36,37)39-20-14-26(33)28(35)27(34)15-20/h4,6-15H,2H2,1H3. The van der Waals surface area contributed by atoms with Gasteiger partial charge in [0.1, 0.15) is 29.0 Å². The van der Waals surface area contributed by atoms with Crippen LogP contribution in [0.4, 0.5) is 35.1 Å². The van der Waals surface area contributed by atoms with Crippen molar-refractivity contribution in [2.24, 2.45) is 0 Å². The molecule has 0 heterocycles. The Morgan fingerprint density at radius 2 is 1.36 bits per heavy atom. The molecular weight excluding hydrogens is 532 g/mol. The largest absolute Gasteiger partial charge is 0.494 e. The number of rotatable bonds is 6. The summed E-state index contributed by atoms with van der Waals surface area (Å²) in [6.45, 7) is 2.11. The fourth-order valence-corrected chi connectivity index (χ4v) is 3.53. The number of alkyl halides is 2. The summed E-state index contributed by atoms with van der Waals surface area (Å²) in [6.07, 6.45) is -4.41. The first kappa shape index (κ1) is 27.5. The second kappa shape index (κ2) is 11.1. The van der Waals surface area contributed by atoms with E-state index < -0.39 is 52.3 Å². The molecular formula is C29H16F8O2. The van der Waals surface area contributed by atoms with Crippen LogP contribution in [0.2, 0.25) is 0 Å². The average molecular weight is 548 g/mol. The van der Waals surface area contributed by atoms with Gasteiger partial charge in [0.2, 0.25) is 0 Å². The van der Waals surface area contributed by atoms with E-state index in [2.05, 4.69) is 16.6 Å². The molecule has 200 valence electrons. The van der Waals surface area contributed by atoms with Gasteiger partial charge >= 0.3 is 6.11 Å². The van der Waals surface area contributed by atoms with Crippen molar-refractivity contribution in [3.05, 3.63) is 118 Å². The van der Waals surface area contributed by atoms with Crippen LogP contribution >= 0.6 is 0 Å². The van der Waals surface area contributed by atoms with Crippen molar-refractivity contribution < 1.29 is 44.6 Å². The van der Waals surface area contributed by atoms with Gasteiger partial charge in [-0.25, -0.2) is 26.3 Å². The van der Waals surface area contributed by atoms with Gasteiger partial charge in [0.15, 0.2) is 17.5 Å². The predicted molar refractivity (Wildman–Crippen MR) is 126 cm³/mol. The van der Waals surface area contributed by atoms with Crippen LogP contribution in [0.1, 0.15) is 23.6 Å². The van der Waals surface area contributed by atoms with Gasteiger partial charge in [-0.2, -0.15) is 8.78 Å². The number of halogens is 8. The fourth-order valence-electron chi connectivity index (χ4n) is 3.53. The van der Waals surface area contributed by atoms with Gasteiger partial charge in [-0.3, -0.25) is 0 Å². The lowest BCUT2D eigenvalue weighted by atomic mass is 10.0. The highest BCUT2D eigenvalue weighted by Gasteiger charge is 2.38. The molecule has 0 aromatic heterocycles. The summed E-state index contributed by atoms with van der Waals surface area (Å²) in [4.78, 5) is 0. The molecule has 0 N–H and O–H groups in total. The van der Waals surface area contributed by atoms with Gasteiger partial charge in [-0.1, -0.05) is 24.0 Å². The molecule has 0 radical (unpaired) electrons. The van der Waals surface area contributed by atoms with Crippen molar-refractivity contribution in [3.63, 3.8) is 0 Å². The van der Waals surface area contributed by atoms with Crippen molar-refractivity contribution in [2.45, 2.75) is 13.0 Å². The summed E-state index contributed by atoms with van der Waals surface area (Å²) >= 11 is 0. The molecule has 4 aromatic rings. The number of hydrogen-bond donors (Lipinski definition) is 0. The van der Waals surface area contributed by atoms with Crippen LogP contribution in [0.25, 0.3) is 11.1 Å². The monoisotopic (exact) mass is 548 g/mol. The van der Waals surface area contributed by atoms with E-state index in [1.807, 2.05) is 0 Å². The summed E-state index contributed by atoms with van der Waals surface area (Å²) in [5, 5.41) is 0. The molecule has 39 heavy (non-hydrogen) atoms.